The van der Waals surface area contributed by atoms with E-state index in [1.807, 2.05) is 6.92 Å². The van der Waals surface area contributed by atoms with Crippen LogP contribution in [0.25, 0.3) is 0 Å². The number of nitrogens with zero attached hydrogens (tertiary/aromatic N) is 3. The molecule has 1 saturated carbocycles. The van der Waals surface area contributed by atoms with Crippen LogP contribution in [0.1, 0.15) is 35.4 Å². The molecule has 1 fully saturated rings. The molecule has 5 nitrogen and oxygen atoms in total. The summed E-state index contributed by atoms with van der Waals surface area (Å²) < 4.78 is 5.14. The summed E-state index contributed by atoms with van der Waals surface area (Å²) in [5, 5.41) is 13.8. The third-order valence-electron chi connectivity index (χ3n) is 4.32. The smallest absolute Gasteiger partial charge is 0.231 e. The minimum atomic E-state index is -0.0740. The van der Waals surface area contributed by atoms with Crippen LogP contribution in [-0.4, -0.2) is 17.6 Å². The van der Waals surface area contributed by atoms with Crippen molar-refractivity contribution in [1.82, 2.24) is 5.16 Å². The summed E-state index contributed by atoms with van der Waals surface area (Å²) in [6, 6.07) is 7.16. The molecule has 0 spiro atoms. The molecule has 124 valence electrons. The molecule has 1 aliphatic carbocycles. The normalized spacial score (nSPS) is 13.6. The maximum atomic E-state index is 13.0. The summed E-state index contributed by atoms with van der Waals surface area (Å²) >= 11 is 6.10. The monoisotopic (exact) mass is 343 g/mol. The summed E-state index contributed by atoms with van der Waals surface area (Å²) in [5.74, 6) is 1.07. The van der Waals surface area contributed by atoms with E-state index in [-0.39, 0.29) is 12.3 Å². The van der Waals surface area contributed by atoms with Gasteiger partial charge in [0, 0.05) is 17.1 Å². The van der Waals surface area contributed by atoms with Gasteiger partial charge < -0.3 is 9.42 Å². The van der Waals surface area contributed by atoms with E-state index in [0.29, 0.717) is 34.5 Å². The van der Waals surface area contributed by atoms with Gasteiger partial charge in [-0.1, -0.05) is 16.8 Å². The van der Waals surface area contributed by atoms with Crippen molar-refractivity contribution in [3.63, 3.8) is 0 Å². The number of hydrogen-bond acceptors (Lipinski definition) is 4. The minimum Gasteiger partial charge on any atom is -0.361 e. The fourth-order valence-corrected chi connectivity index (χ4v) is 2.88. The van der Waals surface area contributed by atoms with Gasteiger partial charge in [0.2, 0.25) is 5.91 Å². The zero-order chi connectivity index (χ0) is 17.3. The predicted molar refractivity (Wildman–Crippen MR) is 90.9 cm³/mol. The van der Waals surface area contributed by atoms with E-state index in [1.165, 1.54) is 0 Å². The maximum absolute atomic E-state index is 13.0. The van der Waals surface area contributed by atoms with E-state index in [4.69, 9.17) is 16.1 Å². The number of hydrogen-bond donors (Lipinski definition) is 0. The molecule has 0 bridgehead atoms. The number of amides is 1. The molecule has 1 heterocycles. The summed E-state index contributed by atoms with van der Waals surface area (Å²) in [6.07, 6.45) is 2.42. The van der Waals surface area contributed by atoms with Gasteiger partial charge in [-0.25, -0.2) is 0 Å². The molecule has 6 heteroatoms. The van der Waals surface area contributed by atoms with E-state index in [2.05, 4.69) is 11.2 Å². The second kappa shape index (κ2) is 6.66. The van der Waals surface area contributed by atoms with Crippen molar-refractivity contribution in [2.45, 2.75) is 33.1 Å². The van der Waals surface area contributed by atoms with E-state index in [1.54, 1.807) is 30.0 Å². The lowest BCUT2D eigenvalue weighted by atomic mass is 10.1. The van der Waals surface area contributed by atoms with E-state index in [0.717, 1.165) is 24.1 Å². The third kappa shape index (κ3) is 3.44. The van der Waals surface area contributed by atoms with Crippen molar-refractivity contribution in [3.8, 4) is 6.07 Å². The van der Waals surface area contributed by atoms with Gasteiger partial charge in [0.25, 0.3) is 0 Å². The Labute approximate surface area is 145 Å². The van der Waals surface area contributed by atoms with Crippen molar-refractivity contribution < 1.29 is 9.32 Å². The molecule has 1 aliphatic rings. The SMILES string of the molecule is Cc1noc(C)c1CC(=O)N(CC1CC1)c1cc(Cl)ccc1C#N. The Hall–Kier alpha value is -2.32. The Bertz CT molecular complexity index is 799. The molecule has 1 aromatic heterocycles. The van der Waals surface area contributed by atoms with Crippen molar-refractivity contribution in [2.75, 3.05) is 11.4 Å². The van der Waals surface area contributed by atoms with E-state index >= 15 is 0 Å². The Balaban J connectivity index is 1.93. The summed E-state index contributed by atoms with van der Waals surface area (Å²) in [7, 11) is 0. The van der Waals surface area contributed by atoms with Gasteiger partial charge in [0.05, 0.1) is 23.4 Å². The molecule has 0 unspecified atom stereocenters. The van der Waals surface area contributed by atoms with Gasteiger partial charge in [-0.3, -0.25) is 4.79 Å². The number of aromatic nitrogens is 1. The summed E-state index contributed by atoms with van der Waals surface area (Å²) in [5.41, 5.74) is 2.56. The molecule has 0 N–H and O–H groups in total. The summed E-state index contributed by atoms with van der Waals surface area (Å²) in [4.78, 5) is 14.7. The highest BCUT2D eigenvalue weighted by molar-refractivity contribution is 6.31. The van der Waals surface area contributed by atoms with Gasteiger partial charge in [-0.15, -0.1) is 0 Å². The van der Waals surface area contributed by atoms with Gasteiger partial charge >= 0.3 is 0 Å². The summed E-state index contributed by atoms with van der Waals surface area (Å²) in [6.45, 7) is 4.23. The zero-order valence-electron chi connectivity index (χ0n) is 13.7. The van der Waals surface area contributed by atoms with Crippen molar-refractivity contribution in [2.24, 2.45) is 5.92 Å². The first-order chi connectivity index (χ1) is 11.5. The fourth-order valence-electron chi connectivity index (χ4n) is 2.72. The Kier molecular flexibility index (Phi) is 4.59. The van der Waals surface area contributed by atoms with Crippen LogP contribution in [0.5, 0.6) is 0 Å². The van der Waals surface area contributed by atoms with Crippen LogP contribution >= 0.6 is 11.6 Å². The molecule has 2 aromatic rings. The van der Waals surface area contributed by atoms with Crippen LogP contribution in [0.3, 0.4) is 0 Å². The highest BCUT2D eigenvalue weighted by Gasteiger charge is 2.30. The predicted octanol–water partition coefficient (Wildman–Crippen LogP) is 3.80. The zero-order valence-corrected chi connectivity index (χ0v) is 14.4. The lowest BCUT2D eigenvalue weighted by molar-refractivity contribution is -0.118. The number of anilines is 1. The molecule has 1 aromatic carbocycles. The fraction of sp³-hybridized carbons (Fsp3) is 0.389. The second-order valence-corrected chi connectivity index (χ2v) is 6.64. The van der Waals surface area contributed by atoms with Crippen LogP contribution in [0.2, 0.25) is 5.02 Å². The number of nitriles is 1. The second-order valence-electron chi connectivity index (χ2n) is 6.20. The van der Waals surface area contributed by atoms with Crippen LogP contribution in [0.4, 0.5) is 5.69 Å². The average Bonchev–Trinajstić information content (AvgIpc) is 3.33. The number of carbonyl (C=O) groups excluding carboxylic acids is 1. The standard InChI is InChI=1S/C18H18ClN3O2/c1-11-16(12(2)24-21-11)8-18(23)22(10-13-3-4-13)17-7-15(19)6-5-14(17)9-20/h5-7,13H,3-4,8,10H2,1-2H3. The molecule has 0 radical (unpaired) electrons. The van der Waals surface area contributed by atoms with Gasteiger partial charge in [0.15, 0.2) is 0 Å². The average molecular weight is 344 g/mol. The van der Waals surface area contributed by atoms with Crippen LogP contribution in [-0.2, 0) is 11.2 Å². The van der Waals surface area contributed by atoms with Crippen LogP contribution in [0.15, 0.2) is 22.7 Å². The third-order valence-corrected chi connectivity index (χ3v) is 4.55. The van der Waals surface area contributed by atoms with Gasteiger partial charge in [-0.05, 0) is 50.8 Å². The quantitative estimate of drug-likeness (QED) is 0.827. The van der Waals surface area contributed by atoms with E-state index in [9.17, 15) is 10.1 Å². The largest absolute Gasteiger partial charge is 0.361 e. The number of halogens is 1. The Morgan fingerprint density at radius 1 is 1.46 bits per heavy atom. The Morgan fingerprint density at radius 2 is 2.21 bits per heavy atom. The molecular formula is C18H18ClN3O2. The maximum Gasteiger partial charge on any atom is 0.231 e. The molecule has 1 amide bonds. The number of carbonyl (C=O) groups is 1. The molecule has 24 heavy (non-hydrogen) atoms. The molecule has 0 atom stereocenters. The van der Waals surface area contributed by atoms with E-state index < -0.39 is 0 Å². The number of rotatable bonds is 5. The van der Waals surface area contributed by atoms with Crippen molar-refractivity contribution in [3.05, 3.63) is 45.8 Å². The van der Waals surface area contributed by atoms with Crippen LogP contribution in [0, 0.1) is 31.1 Å². The van der Waals surface area contributed by atoms with Gasteiger partial charge in [-0.2, -0.15) is 5.26 Å². The highest BCUT2D eigenvalue weighted by atomic mass is 35.5. The molecule has 3 rings (SSSR count). The van der Waals surface area contributed by atoms with Crippen molar-refractivity contribution in [1.29, 1.82) is 5.26 Å². The van der Waals surface area contributed by atoms with Crippen molar-refractivity contribution >= 4 is 23.2 Å². The molecule has 0 saturated heterocycles. The number of aryl methyl sites for hydroxylation is 2. The first kappa shape index (κ1) is 16.5. The van der Waals surface area contributed by atoms with Gasteiger partial charge in [0.1, 0.15) is 11.8 Å². The Morgan fingerprint density at radius 3 is 2.79 bits per heavy atom. The lowest BCUT2D eigenvalue weighted by Crippen LogP contribution is -2.35. The first-order valence-corrected chi connectivity index (χ1v) is 8.29. The highest BCUT2D eigenvalue weighted by Crippen LogP contribution is 2.34. The minimum absolute atomic E-state index is 0.0740. The lowest BCUT2D eigenvalue weighted by Gasteiger charge is -2.24. The first-order valence-electron chi connectivity index (χ1n) is 7.91. The topological polar surface area (TPSA) is 70.1 Å². The number of benzene rings is 1. The molecular weight excluding hydrogens is 326 g/mol. The molecule has 0 aliphatic heterocycles. The van der Waals surface area contributed by atoms with Crippen LogP contribution < -0.4 is 4.90 Å².